The minimum atomic E-state index is -3.28. The lowest BCUT2D eigenvalue weighted by Gasteiger charge is -2.32. The van der Waals surface area contributed by atoms with Crippen LogP contribution in [0.4, 0.5) is 0 Å². The first-order chi connectivity index (χ1) is 7.61. The molecule has 0 amide bonds. The molecule has 94 valence electrons. The Morgan fingerprint density at radius 3 is 2.44 bits per heavy atom. The van der Waals surface area contributed by atoms with Gasteiger partial charge in [-0.15, -0.1) is 6.58 Å². The van der Waals surface area contributed by atoms with Crippen LogP contribution in [0.1, 0.15) is 32.1 Å². The molecule has 0 bridgehead atoms. The molecule has 1 aliphatic rings. The van der Waals surface area contributed by atoms with E-state index in [0.717, 1.165) is 25.7 Å². The van der Waals surface area contributed by atoms with E-state index < -0.39 is 10.0 Å². The van der Waals surface area contributed by atoms with E-state index in [1.54, 1.807) is 0 Å². The summed E-state index contributed by atoms with van der Waals surface area (Å²) in [7, 11) is -3.28. The fourth-order valence-electron chi connectivity index (χ4n) is 2.26. The van der Waals surface area contributed by atoms with Gasteiger partial charge in [0, 0.05) is 12.6 Å². The molecule has 0 aromatic rings. The third kappa shape index (κ3) is 3.57. The second-order valence-electron chi connectivity index (χ2n) is 4.19. The Hall–Kier alpha value is -0.390. The van der Waals surface area contributed by atoms with Crippen LogP contribution in [0.3, 0.4) is 0 Å². The van der Waals surface area contributed by atoms with Gasteiger partial charge in [-0.25, -0.2) is 8.42 Å². The maximum atomic E-state index is 12.0. The average Bonchev–Trinajstić information content (AvgIpc) is 2.27. The lowest BCUT2D eigenvalue weighted by molar-refractivity contribution is 0.200. The first-order valence-corrected chi connectivity index (χ1v) is 7.44. The Morgan fingerprint density at radius 1 is 1.31 bits per heavy atom. The van der Waals surface area contributed by atoms with Gasteiger partial charge < -0.3 is 5.11 Å². The van der Waals surface area contributed by atoms with E-state index in [1.165, 1.54) is 16.8 Å². The summed E-state index contributed by atoms with van der Waals surface area (Å²) in [6.07, 6.45) is 6.58. The number of rotatable bonds is 6. The minimum absolute atomic E-state index is 0.0382. The number of nitrogens with zero attached hydrogens (tertiary/aromatic N) is 1. The first kappa shape index (κ1) is 13.7. The molecule has 0 aromatic carbocycles. The van der Waals surface area contributed by atoms with E-state index in [1.807, 2.05) is 0 Å². The standard InChI is InChI=1S/C11H21NO3S/c1-2-10-16(14,15)12(8-9-13)11-6-4-3-5-7-11/h2,11,13H,1,3-10H2. The van der Waals surface area contributed by atoms with Gasteiger partial charge >= 0.3 is 0 Å². The molecule has 1 aliphatic carbocycles. The second-order valence-corrected chi connectivity index (χ2v) is 6.16. The van der Waals surface area contributed by atoms with E-state index in [9.17, 15) is 8.42 Å². The molecule has 1 fully saturated rings. The van der Waals surface area contributed by atoms with Gasteiger partial charge in [-0.05, 0) is 12.8 Å². The largest absolute Gasteiger partial charge is 0.395 e. The second kappa shape index (κ2) is 6.37. The SMILES string of the molecule is C=CCS(=O)(=O)N(CCO)C1CCCCC1. The topological polar surface area (TPSA) is 57.6 Å². The van der Waals surface area contributed by atoms with Gasteiger partial charge in [0.2, 0.25) is 10.0 Å². The zero-order chi connectivity index (χ0) is 12.0. The third-order valence-electron chi connectivity index (χ3n) is 2.99. The monoisotopic (exact) mass is 247 g/mol. The molecule has 1 saturated carbocycles. The van der Waals surface area contributed by atoms with Gasteiger partial charge in [0.15, 0.2) is 0 Å². The lowest BCUT2D eigenvalue weighted by Crippen LogP contribution is -2.43. The van der Waals surface area contributed by atoms with Crippen LogP contribution in [-0.4, -0.2) is 42.8 Å². The molecule has 1 N–H and O–H groups in total. The van der Waals surface area contributed by atoms with E-state index in [-0.39, 0.29) is 24.9 Å². The summed E-state index contributed by atoms with van der Waals surface area (Å²) in [4.78, 5) is 0. The Bertz CT molecular complexity index is 307. The average molecular weight is 247 g/mol. The highest BCUT2D eigenvalue weighted by Gasteiger charge is 2.29. The van der Waals surface area contributed by atoms with Crippen molar-refractivity contribution in [2.24, 2.45) is 0 Å². The molecule has 0 atom stereocenters. The molecule has 4 nitrogen and oxygen atoms in total. The van der Waals surface area contributed by atoms with Gasteiger partial charge in [0.05, 0.1) is 12.4 Å². The highest BCUT2D eigenvalue weighted by molar-refractivity contribution is 7.89. The molecular weight excluding hydrogens is 226 g/mol. The van der Waals surface area contributed by atoms with Crippen LogP contribution in [0.2, 0.25) is 0 Å². The quantitative estimate of drug-likeness (QED) is 0.716. The fraction of sp³-hybridized carbons (Fsp3) is 0.818. The summed E-state index contributed by atoms with van der Waals surface area (Å²) >= 11 is 0. The third-order valence-corrected chi connectivity index (χ3v) is 4.84. The van der Waals surface area contributed by atoms with Crippen LogP contribution in [-0.2, 0) is 10.0 Å². The number of sulfonamides is 1. The predicted molar refractivity (Wildman–Crippen MR) is 64.6 cm³/mol. The molecule has 16 heavy (non-hydrogen) atoms. The highest BCUT2D eigenvalue weighted by atomic mass is 32.2. The van der Waals surface area contributed by atoms with Gasteiger partial charge in [-0.3, -0.25) is 0 Å². The fourth-order valence-corrected chi connectivity index (χ4v) is 3.78. The van der Waals surface area contributed by atoms with Crippen LogP contribution >= 0.6 is 0 Å². The lowest BCUT2D eigenvalue weighted by atomic mass is 9.95. The zero-order valence-corrected chi connectivity index (χ0v) is 10.5. The summed E-state index contributed by atoms with van der Waals surface area (Å²) < 4.78 is 25.4. The van der Waals surface area contributed by atoms with Gasteiger partial charge in [0.25, 0.3) is 0 Å². The van der Waals surface area contributed by atoms with Crippen molar-refractivity contribution in [1.82, 2.24) is 4.31 Å². The smallest absolute Gasteiger partial charge is 0.217 e. The number of hydrogen-bond donors (Lipinski definition) is 1. The summed E-state index contributed by atoms with van der Waals surface area (Å²) in [5.41, 5.74) is 0. The van der Waals surface area contributed by atoms with Crippen LogP contribution in [0.5, 0.6) is 0 Å². The summed E-state index contributed by atoms with van der Waals surface area (Å²) in [5, 5.41) is 8.97. The molecule has 0 saturated heterocycles. The van der Waals surface area contributed by atoms with Crippen molar-refractivity contribution < 1.29 is 13.5 Å². The van der Waals surface area contributed by atoms with Crippen molar-refractivity contribution >= 4 is 10.0 Å². The minimum Gasteiger partial charge on any atom is -0.395 e. The number of hydrogen-bond acceptors (Lipinski definition) is 3. The number of aliphatic hydroxyl groups excluding tert-OH is 1. The summed E-state index contributed by atoms with van der Waals surface area (Å²) in [6, 6.07) is 0.0749. The predicted octanol–water partition coefficient (Wildman–Crippen LogP) is 1.13. The van der Waals surface area contributed by atoms with Gasteiger partial charge in [-0.2, -0.15) is 4.31 Å². The highest BCUT2D eigenvalue weighted by Crippen LogP contribution is 2.24. The molecule has 0 aromatic heterocycles. The van der Waals surface area contributed by atoms with Crippen LogP contribution < -0.4 is 0 Å². The maximum Gasteiger partial charge on any atom is 0.217 e. The Balaban J connectivity index is 2.75. The number of aliphatic hydroxyl groups is 1. The van der Waals surface area contributed by atoms with Crippen molar-refractivity contribution in [2.45, 2.75) is 38.1 Å². The zero-order valence-electron chi connectivity index (χ0n) is 9.64. The van der Waals surface area contributed by atoms with Gasteiger partial charge in [-0.1, -0.05) is 25.3 Å². The Kier molecular flexibility index (Phi) is 5.44. The van der Waals surface area contributed by atoms with Crippen LogP contribution in [0.15, 0.2) is 12.7 Å². The molecule has 0 aliphatic heterocycles. The van der Waals surface area contributed by atoms with E-state index in [0.29, 0.717) is 0 Å². The van der Waals surface area contributed by atoms with E-state index in [4.69, 9.17) is 5.11 Å². The van der Waals surface area contributed by atoms with Crippen molar-refractivity contribution in [3.05, 3.63) is 12.7 Å². The van der Waals surface area contributed by atoms with Crippen molar-refractivity contribution in [1.29, 1.82) is 0 Å². The van der Waals surface area contributed by atoms with Crippen LogP contribution in [0, 0.1) is 0 Å². The first-order valence-electron chi connectivity index (χ1n) is 5.83. The van der Waals surface area contributed by atoms with Crippen LogP contribution in [0.25, 0.3) is 0 Å². The van der Waals surface area contributed by atoms with Crippen molar-refractivity contribution in [3.63, 3.8) is 0 Å². The Morgan fingerprint density at radius 2 is 1.94 bits per heavy atom. The van der Waals surface area contributed by atoms with Crippen molar-refractivity contribution in [2.75, 3.05) is 18.9 Å². The van der Waals surface area contributed by atoms with E-state index >= 15 is 0 Å². The molecule has 5 heteroatoms. The molecule has 0 unspecified atom stereocenters. The van der Waals surface area contributed by atoms with E-state index in [2.05, 4.69) is 6.58 Å². The normalized spacial score (nSPS) is 18.9. The molecule has 1 rings (SSSR count). The Labute approximate surface area is 98.0 Å². The molecule has 0 heterocycles. The summed E-state index contributed by atoms with van der Waals surface area (Å²) in [5.74, 6) is -0.0382. The molecule has 0 spiro atoms. The molecular formula is C11H21NO3S. The van der Waals surface area contributed by atoms with Crippen molar-refractivity contribution in [3.8, 4) is 0 Å². The maximum absolute atomic E-state index is 12.0. The molecule has 0 radical (unpaired) electrons. The van der Waals surface area contributed by atoms with Gasteiger partial charge in [0.1, 0.15) is 0 Å². The summed E-state index contributed by atoms with van der Waals surface area (Å²) in [6.45, 7) is 3.56.